The number of amides is 1. The van der Waals surface area contributed by atoms with E-state index >= 15 is 0 Å². The molecule has 20 heavy (non-hydrogen) atoms. The molecule has 2 aromatic rings. The summed E-state index contributed by atoms with van der Waals surface area (Å²) in [5.74, 6) is -0.144. The topological polar surface area (TPSA) is 82.0 Å². The summed E-state index contributed by atoms with van der Waals surface area (Å²) in [7, 11) is 1.68. The number of carbonyl (C=O) groups excluding carboxylic acids is 1. The number of anilines is 2. The van der Waals surface area contributed by atoms with Gasteiger partial charge in [-0.25, -0.2) is 4.79 Å². The maximum Gasteiger partial charge on any atom is 0.327 e. The van der Waals surface area contributed by atoms with Crippen LogP contribution in [-0.4, -0.2) is 15.0 Å². The third-order valence-electron chi connectivity index (χ3n) is 3.25. The average Bonchev–Trinajstić information content (AvgIpc) is 2.73. The van der Waals surface area contributed by atoms with Gasteiger partial charge in [0.2, 0.25) is 5.91 Å². The van der Waals surface area contributed by atoms with E-state index in [-0.39, 0.29) is 18.0 Å². The Hall–Kier alpha value is -2.50. The van der Waals surface area contributed by atoms with E-state index in [2.05, 4.69) is 5.32 Å². The molecule has 6 nitrogen and oxygen atoms in total. The van der Waals surface area contributed by atoms with Gasteiger partial charge in [-0.15, -0.1) is 0 Å². The van der Waals surface area contributed by atoms with Crippen LogP contribution >= 0.6 is 0 Å². The molecule has 1 heterocycles. The predicted molar refractivity (Wildman–Crippen MR) is 78.5 cm³/mol. The number of aryl methyl sites for hydroxylation is 2. The minimum absolute atomic E-state index is 0.127. The maximum atomic E-state index is 11.9. The molecule has 0 radical (unpaired) electrons. The van der Waals surface area contributed by atoms with Gasteiger partial charge in [0.1, 0.15) is 0 Å². The number of hydrogen-bond acceptors (Lipinski definition) is 3. The largest absolute Gasteiger partial charge is 0.398 e. The third-order valence-corrected chi connectivity index (χ3v) is 3.25. The molecule has 0 aliphatic carbocycles. The molecule has 0 unspecified atom stereocenters. The molecular formula is C14H18N4O2. The van der Waals surface area contributed by atoms with Gasteiger partial charge in [0, 0.05) is 43.8 Å². The zero-order chi connectivity index (χ0) is 14.7. The molecule has 0 aliphatic heterocycles. The van der Waals surface area contributed by atoms with Crippen molar-refractivity contribution in [1.82, 2.24) is 9.13 Å². The first kappa shape index (κ1) is 13.9. The Morgan fingerprint density at radius 1 is 1.35 bits per heavy atom. The van der Waals surface area contributed by atoms with E-state index in [4.69, 9.17) is 5.73 Å². The Labute approximate surface area is 116 Å². The Morgan fingerprint density at radius 3 is 2.75 bits per heavy atom. The van der Waals surface area contributed by atoms with E-state index in [1.165, 1.54) is 9.13 Å². The van der Waals surface area contributed by atoms with Gasteiger partial charge in [0.15, 0.2) is 0 Å². The van der Waals surface area contributed by atoms with Crippen LogP contribution in [0.15, 0.2) is 35.4 Å². The highest BCUT2D eigenvalue weighted by Gasteiger charge is 2.07. The number of nitrogens with zero attached hydrogens (tertiary/aromatic N) is 2. The van der Waals surface area contributed by atoms with Crippen molar-refractivity contribution in [3.8, 4) is 0 Å². The number of hydrogen-bond donors (Lipinski definition) is 2. The van der Waals surface area contributed by atoms with E-state index in [9.17, 15) is 9.59 Å². The number of aromatic nitrogens is 2. The van der Waals surface area contributed by atoms with Gasteiger partial charge in [-0.05, 0) is 24.6 Å². The molecule has 1 amide bonds. The summed E-state index contributed by atoms with van der Waals surface area (Å²) in [4.78, 5) is 23.5. The molecule has 0 atom stereocenters. The number of rotatable bonds is 4. The van der Waals surface area contributed by atoms with Crippen LogP contribution in [0.1, 0.15) is 12.0 Å². The van der Waals surface area contributed by atoms with Gasteiger partial charge in [0.25, 0.3) is 0 Å². The number of benzene rings is 1. The zero-order valence-corrected chi connectivity index (χ0v) is 11.6. The van der Waals surface area contributed by atoms with Crippen LogP contribution < -0.4 is 16.7 Å². The first-order valence-electron chi connectivity index (χ1n) is 6.35. The molecule has 2 rings (SSSR count). The van der Waals surface area contributed by atoms with Crippen LogP contribution in [0.2, 0.25) is 0 Å². The molecule has 0 bridgehead atoms. The highest BCUT2D eigenvalue weighted by Crippen LogP contribution is 2.20. The van der Waals surface area contributed by atoms with Crippen LogP contribution in [0.3, 0.4) is 0 Å². The lowest BCUT2D eigenvalue weighted by atomic mass is 10.1. The van der Waals surface area contributed by atoms with Gasteiger partial charge >= 0.3 is 5.69 Å². The molecule has 0 saturated carbocycles. The second-order valence-electron chi connectivity index (χ2n) is 4.70. The lowest BCUT2D eigenvalue weighted by Crippen LogP contribution is -2.24. The smallest absolute Gasteiger partial charge is 0.327 e. The molecule has 0 saturated heterocycles. The Balaban J connectivity index is 1.98. The number of carbonyl (C=O) groups is 1. The number of nitrogens with two attached hydrogens (primary N) is 1. The minimum atomic E-state index is -0.144. The summed E-state index contributed by atoms with van der Waals surface area (Å²) in [6.07, 6.45) is 3.57. The molecule has 0 fully saturated rings. The van der Waals surface area contributed by atoms with Gasteiger partial charge in [-0.3, -0.25) is 9.36 Å². The van der Waals surface area contributed by atoms with Crippen molar-refractivity contribution >= 4 is 17.3 Å². The molecule has 1 aromatic carbocycles. The van der Waals surface area contributed by atoms with Crippen LogP contribution in [0.4, 0.5) is 11.4 Å². The molecule has 3 N–H and O–H groups in total. The predicted octanol–water partition coefficient (Wildman–Crippen LogP) is 1.11. The lowest BCUT2D eigenvalue weighted by molar-refractivity contribution is -0.116. The molecule has 1 aromatic heterocycles. The third kappa shape index (κ3) is 2.90. The van der Waals surface area contributed by atoms with Crippen LogP contribution in [-0.2, 0) is 18.4 Å². The van der Waals surface area contributed by atoms with Crippen molar-refractivity contribution in [2.75, 3.05) is 11.1 Å². The first-order valence-corrected chi connectivity index (χ1v) is 6.35. The summed E-state index contributed by atoms with van der Waals surface area (Å²) in [6.45, 7) is 2.21. The highest BCUT2D eigenvalue weighted by atomic mass is 16.2. The quantitative estimate of drug-likeness (QED) is 0.819. The van der Waals surface area contributed by atoms with E-state index < -0.39 is 0 Å². The van der Waals surface area contributed by atoms with Crippen molar-refractivity contribution in [2.45, 2.75) is 19.9 Å². The van der Waals surface area contributed by atoms with E-state index in [0.29, 0.717) is 17.9 Å². The monoisotopic (exact) mass is 274 g/mol. The number of nitrogens with one attached hydrogen (secondary N) is 1. The molecule has 106 valence electrons. The van der Waals surface area contributed by atoms with Crippen molar-refractivity contribution < 1.29 is 4.79 Å². The molecule has 6 heteroatoms. The Bertz CT molecular complexity index is 685. The van der Waals surface area contributed by atoms with E-state index in [0.717, 1.165) is 5.56 Å². The Morgan fingerprint density at radius 2 is 2.10 bits per heavy atom. The fourth-order valence-corrected chi connectivity index (χ4v) is 1.90. The summed E-state index contributed by atoms with van der Waals surface area (Å²) in [5.41, 5.74) is 7.85. The first-order chi connectivity index (χ1) is 9.49. The van der Waals surface area contributed by atoms with Gasteiger partial charge in [0.05, 0.1) is 0 Å². The van der Waals surface area contributed by atoms with Gasteiger partial charge < -0.3 is 15.6 Å². The second-order valence-corrected chi connectivity index (χ2v) is 4.70. The summed E-state index contributed by atoms with van der Waals surface area (Å²) in [6, 6.07) is 5.38. The molecular weight excluding hydrogens is 256 g/mol. The highest BCUT2D eigenvalue weighted by molar-refractivity contribution is 5.92. The van der Waals surface area contributed by atoms with Gasteiger partial charge in [-0.2, -0.15) is 0 Å². The van der Waals surface area contributed by atoms with Crippen LogP contribution in [0.25, 0.3) is 0 Å². The van der Waals surface area contributed by atoms with Gasteiger partial charge in [-0.1, -0.05) is 6.07 Å². The Kier molecular flexibility index (Phi) is 3.93. The van der Waals surface area contributed by atoms with Crippen molar-refractivity contribution in [1.29, 1.82) is 0 Å². The fourth-order valence-electron chi connectivity index (χ4n) is 1.90. The molecule has 0 spiro atoms. The zero-order valence-electron chi connectivity index (χ0n) is 11.6. The van der Waals surface area contributed by atoms with E-state index in [1.807, 2.05) is 6.92 Å². The van der Waals surface area contributed by atoms with E-state index in [1.54, 1.807) is 37.6 Å². The van der Waals surface area contributed by atoms with Crippen molar-refractivity contribution in [2.24, 2.45) is 7.05 Å². The number of imidazole rings is 1. The standard InChI is InChI=1S/C14H18N4O2/c1-10-11(15)4-3-5-12(10)16-13(19)6-7-18-9-8-17(2)14(18)20/h3-5,8-9H,6-7,15H2,1-2H3,(H,16,19). The SMILES string of the molecule is Cc1c(N)cccc1NC(=O)CCn1ccn(C)c1=O. The normalized spacial score (nSPS) is 10.5. The minimum Gasteiger partial charge on any atom is -0.398 e. The molecule has 0 aliphatic rings. The maximum absolute atomic E-state index is 11.9. The number of nitrogen functional groups attached to an aromatic ring is 1. The van der Waals surface area contributed by atoms with Crippen molar-refractivity contribution in [3.63, 3.8) is 0 Å². The van der Waals surface area contributed by atoms with Crippen LogP contribution in [0, 0.1) is 6.92 Å². The summed E-state index contributed by atoms with van der Waals surface area (Å²) < 4.78 is 2.98. The average molecular weight is 274 g/mol. The second kappa shape index (κ2) is 5.64. The van der Waals surface area contributed by atoms with Crippen LogP contribution in [0.5, 0.6) is 0 Å². The summed E-state index contributed by atoms with van der Waals surface area (Å²) in [5, 5.41) is 2.81. The fraction of sp³-hybridized carbons (Fsp3) is 0.286. The lowest BCUT2D eigenvalue weighted by Gasteiger charge is -2.10. The summed E-state index contributed by atoms with van der Waals surface area (Å²) >= 11 is 0. The van der Waals surface area contributed by atoms with Crippen molar-refractivity contribution in [3.05, 3.63) is 46.6 Å².